The Balaban J connectivity index is 2.81. The normalized spacial score (nSPS) is 21.3. The molecule has 1 aliphatic heterocycles. The fourth-order valence-corrected chi connectivity index (χ4v) is 2.96. The van der Waals surface area contributed by atoms with Gasteiger partial charge in [-0.05, 0) is 25.2 Å². The van der Waals surface area contributed by atoms with E-state index in [-0.39, 0.29) is 18.4 Å². The van der Waals surface area contributed by atoms with Crippen molar-refractivity contribution < 1.29 is 14.4 Å². The molecule has 0 aromatic carbocycles. The lowest BCUT2D eigenvalue weighted by Crippen LogP contribution is -2.47. The topological polar surface area (TPSA) is 69.7 Å². The third-order valence-corrected chi connectivity index (χ3v) is 3.91. The molecule has 6 nitrogen and oxygen atoms in total. The van der Waals surface area contributed by atoms with Crippen molar-refractivity contribution in [1.29, 1.82) is 0 Å². The van der Waals surface area contributed by atoms with E-state index in [1.165, 1.54) is 0 Å². The Morgan fingerprint density at radius 2 is 1.70 bits per heavy atom. The number of hydrogen-bond donors (Lipinski definition) is 1. The summed E-state index contributed by atoms with van der Waals surface area (Å²) < 4.78 is 0. The Morgan fingerprint density at radius 3 is 2.13 bits per heavy atom. The average molecular weight is 325 g/mol. The number of amides is 4. The minimum absolute atomic E-state index is 0.170. The average Bonchev–Trinajstić information content (AvgIpc) is 2.61. The monoisotopic (exact) mass is 325 g/mol. The number of imide groups is 1. The Morgan fingerprint density at radius 1 is 1.17 bits per heavy atom. The molecule has 1 aliphatic rings. The lowest BCUT2D eigenvalue weighted by atomic mass is 9.96. The fraction of sp³-hybridized carbons (Fsp3) is 0.824. The molecular formula is C17H31N3O3. The van der Waals surface area contributed by atoms with E-state index in [0.717, 1.165) is 11.3 Å². The summed E-state index contributed by atoms with van der Waals surface area (Å²) in [4.78, 5) is 40.0. The molecule has 1 saturated heterocycles. The minimum atomic E-state index is -0.882. The van der Waals surface area contributed by atoms with Crippen LogP contribution in [0.1, 0.15) is 54.4 Å². The Kier molecular flexibility index (Phi) is 6.59. The number of urea groups is 1. The number of hydrogen-bond acceptors (Lipinski definition) is 3. The summed E-state index contributed by atoms with van der Waals surface area (Å²) in [6.07, 6.45) is 1.36. The largest absolute Gasteiger partial charge is 0.341 e. The van der Waals surface area contributed by atoms with E-state index in [1.54, 1.807) is 11.8 Å². The molecule has 1 heterocycles. The maximum absolute atomic E-state index is 12.6. The van der Waals surface area contributed by atoms with Gasteiger partial charge in [-0.15, -0.1) is 0 Å². The third-order valence-electron chi connectivity index (χ3n) is 3.91. The summed E-state index contributed by atoms with van der Waals surface area (Å²) in [6, 6.07) is -0.464. The van der Waals surface area contributed by atoms with E-state index in [9.17, 15) is 14.4 Å². The molecule has 6 heteroatoms. The fourth-order valence-electron chi connectivity index (χ4n) is 2.96. The van der Waals surface area contributed by atoms with Crippen molar-refractivity contribution in [2.75, 3.05) is 19.6 Å². The maximum atomic E-state index is 12.6. The molecule has 0 aliphatic carbocycles. The van der Waals surface area contributed by atoms with Crippen molar-refractivity contribution in [3.05, 3.63) is 0 Å². The molecule has 1 N–H and O–H groups in total. The maximum Gasteiger partial charge on any atom is 0.325 e. The van der Waals surface area contributed by atoms with Crippen molar-refractivity contribution in [3.63, 3.8) is 0 Å². The highest BCUT2D eigenvalue weighted by Crippen LogP contribution is 2.22. The van der Waals surface area contributed by atoms with Gasteiger partial charge in [0.2, 0.25) is 5.91 Å². The molecule has 4 amide bonds. The molecule has 1 rings (SSSR count). The van der Waals surface area contributed by atoms with Gasteiger partial charge in [-0.25, -0.2) is 4.79 Å². The van der Waals surface area contributed by atoms with Crippen LogP contribution >= 0.6 is 0 Å². The van der Waals surface area contributed by atoms with Gasteiger partial charge in [0, 0.05) is 13.1 Å². The zero-order chi connectivity index (χ0) is 17.8. The van der Waals surface area contributed by atoms with Crippen LogP contribution < -0.4 is 5.32 Å². The lowest BCUT2D eigenvalue weighted by Gasteiger charge is -2.28. The van der Waals surface area contributed by atoms with E-state index in [0.29, 0.717) is 31.3 Å². The van der Waals surface area contributed by atoms with Crippen molar-refractivity contribution in [2.45, 2.75) is 59.9 Å². The first kappa shape index (κ1) is 19.5. The van der Waals surface area contributed by atoms with Gasteiger partial charge < -0.3 is 10.2 Å². The highest BCUT2D eigenvalue weighted by atomic mass is 16.2. The Bertz CT molecular complexity index is 452. The van der Waals surface area contributed by atoms with Crippen molar-refractivity contribution in [1.82, 2.24) is 15.1 Å². The molecule has 23 heavy (non-hydrogen) atoms. The number of rotatable bonds is 8. The van der Waals surface area contributed by atoms with Crippen LogP contribution in [0.2, 0.25) is 0 Å². The van der Waals surface area contributed by atoms with Gasteiger partial charge in [0.1, 0.15) is 12.1 Å². The number of nitrogens with one attached hydrogen (secondary N) is 1. The molecule has 0 unspecified atom stereocenters. The van der Waals surface area contributed by atoms with Crippen LogP contribution in [0.3, 0.4) is 0 Å². The summed E-state index contributed by atoms with van der Waals surface area (Å²) in [7, 11) is 0. The molecule has 0 aromatic rings. The molecule has 0 bridgehead atoms. The van der Waals surface area contributed by atoms with Crippen LogP contribution in [0.15, 0.2) is 0 Å². The molecule has 0 radical (unpaired) electrons. The molecule has 1 atom stereocenters. The van der Waals surface area contributed by atoms with E-state index < -0.39 is 11.6 Å². The van der Waals surface area contributed by atoms with Gasteiger partial charge in [0.15, 0.2) is 0 Å². The highest BCUT2D eigenvalue weighted by molar-refractivity contribution is 6.08. The second kappa shape index (κ2) is 7.79. The van der Waals surface area contributed by atoms with Gasteiger partial charge in [-0.3, -0.25) is 14.5 Å². The first-order valence-electron chi connectivity index (χ1n) is 8.52. The molecule has 0 spiro atoms. The van der Waals surface area contributed by atoms with Gasteiger partial charge in [-0.1, -0.05) is 41.0 Å². The predicted molar refractivity (Wildman–Crippen MR) is 89.8 cm³/mol. The standard InChI is InChI=1S/C17H31N3O3/c1-7-8-17(6)15(22)20(16(23)18-17)11-14(21)19(9-12(2)3)10-13(4)5/h12-13H,7-11H2,1-6H3,(H,18,23)/t17-/m0/s1. The summed E-state index contributed by atoms with van der Waals surface area (Å²) in [5.74, 6) is 0.209. The molecular weight excluding hydrogens is 294 g/mol. The lowest BCUT2D eigenvalue weighted by molar-refractivity contribution is -0.139. The molecule has 1 fully saturated rings. The van der Waals surface area contributed by atoms with Crippen molar-refractivity contribution in [2.24, 2.45) is 11.8 Å². The Labute approximate surface area is 139 Å². The van der Waals surface area contributed by atoms with Crippen LogP contribution in [0.25, 0.3) is 0 Å². The predicted octanol–water partition coefficient (Wildman–Crippen LogP) is 2.24. The van der Waals surface area contributed by atoms with Gasteiger partial charge in [0.05, 0.1) is 0 Å². The van der Waals surface area contributed by atoms with Crippen molar-refractivity contribution >= 4 is 17.8 Å². The number of nitrogens with zero attached hydrogens (tertiary/aromatic N) is 2. The summed E-state index contributed by atoms with van der Waals surface area (Å²) in [6.45, 7) is 13.0. The summed E-state index contributed by atoms with van der Waals surface area (Å²) in [5.41, 5.74) is -0.882. The van der Waals surface area contributed by atoms with E-state index in [4.69, 9.17) is 0 Å². The van der Waals surface area contributed by atoms with E-state index in [1.807, 2.05) is 34.6 Å². The molecule has 0 aromatic heterocycles. The SMILES string of the molecule is CCC[C@]1(C)NC(=O)N(CC(=O)N(CC(C)C)CC(C)C)C1=O. The number of carbonyl (C=O) groups is 3. The van der Waals surface area contributed by atoms with Gasteiger partial charge in [-0.2, -0.15) is 0 Å². The van der Waals surface area contributed by atoms with Gasteiger partial charge in [0.25, 0.3) is 5.91 Å². The first-order chi connectivity index (χ1) is 10.6. The molecule has 132 valence electrons. The van der Waals surface area contributed by atoms with Crippen LogP contribution in [-0.2, 0) is 9.59 Å². The highest BCUT2D eigenvalue weighted by Gasteiger charge is 2.47. The van der Waals surface area contributed by atoms with Crippen LogP contribution in [0.5, 0.6) is 0 Å². The zero-order valence-corrected chi connectivity index (χ0v) is 15.3. The Hall–Kier alpha value is -1.59. The van der Waals surface area contributed by atoms with Gasteiger partial charge >= 0.3 is 6.03 Å². The minimum Gasteiger partial charge on any atom is -0.341 e. The first-order valence-corrected chi connectivity index (χ1v) is 8.52. The number of carbonyl (C=O) groups excluding carboxylic acids is 3. The van der Waals surface area contributed by atoms with Crippen LogP contribution in [0.4, 0.5) is 4.79 Å². The van der Waals surface area contributed by atoms with E-state index >= 15 is 0 Å². The quantitative estimate of drug-likeness (QED) is 0.696. The summed E-state index contributed by atoms with van der Waals surface area (Å²) >= 11 is 0. The summed E-state index contributed by atoms with van der Waals surface area (Å²) in [5, 5.41) is 2.72. The van der Waals surface area contributed by atoms with Crippen LogP contribution in [-0.4, -0.2) is 52.8 Å². The van der Waals surface area contributed by atoms with Crippen LogP contribution in [0, 0.1) is 11.8 Å². The van der Waals surface area contributed by atoms with Crippen molar-refractivity contribution in [3.8, 4) is 0 Å². The third kappa shape index (κ3) is 4.94. The molecule has 0 saturated carbocycles. The smallest absolute Gasteiger partial charge is 0.325 e. The second-order valence-electron chi connectivity index (χ2n) is 7.49. The second-order valence-corrected chi connectivity index (χ2v) is 7.49. The zero-order valence-electron chi connectivity index (χ0n) is 15.3. The van der Waals surface area contributed by atoms with E-state index in [2.05, 4.69) is 5.32 Å².